The molecule has 56 heavy (non-hydrogen) atoms. The van der Waals surface area contributed by atoms with Crippen molar-refractivity contribution in [3.63, 3.8) is 0 Å². The van der Waals surface area contributed by atoms with Crippen LogP contribution in [0.5, 0.6) is 0 Å². The molecule has 0 bridgehead atoms. The summed E-state index contributed by atoms with van der Waals surface area (Å²) < 4.78 is 0. The highest BCUT2D eigenvalue weighted by Gasteiger charge is 2.46. The van der Waals surface area contributed by atoms with Crippen molar-refractivity contribution >= 4 is 23.6 Å². The number of amides is 4. The van der Waals surface area contributed by atoms with Gasteiger partial charge >= 0.3 is 0 Å². The second kappa shape index (κ2) is 16.1. The summed E-state index contributed by atoms with van der Waals surface area (Å²) in [6, 6.07) is -0.559. The highest BCUT2D eigenvalue weighted by Crippen LogP contribution is 2.34. The average Bonchev–Trinajstić information content (AvgIpc) is 2.87. The molecular formula is C44H82N8O4. The first kappa shape index (κ1) is 46.4. The van der Waals surface area contributed by atoms with Crippen LogP contribution in [0.4, 0.5) is 0 Å². The predicted octanol–water partition coefficient (Wildman–Crippen LogP) is 4.70. The summed E-state index contributed by atoms with van der Waals surface area (Å²) in [5.74, 6) is -3.39. The number of carbonyl (C=O) groups is 4. The number of hydrogen-bond acceptors (Lipinski definition) is 8. The molecule has 0 aromatic rings. The number of piperidine rings is 4. The zero-order valence-corrected chi connectivity index (χ0v) is 38.2. The monoisotopic (exact) mass is 787 g/mol. The Morgan fingerprint density at radius 3 is 0.750 bits per heavy atom. The fraction of sp³-hybridized carbons (Fsp3) is 0.909. The van der Waals surface area contributed by atoms with E-state index in [9.17, 15) is 19.2 Å². The first-order chi connectivity index (χ1) is 25.1. The van der Waals surface area contributed by atoms with E-state index in [1.807, 2.05) is 0 Å². The van der Waals surface area contributed by atoms with Gasteiger partial charge in [-0.1, -0.05) is 0 Å². The minimum Gasteiger partial charge on any atom is -0.353 e. The van der Waals surface area contributed by atoms with E-state index in [0.717, 1.165) is 25.7 Å². The van der Waals surface area contributed by atoms with E-state index in [1.54, 1.807) is 0 Å². The smallest absolute Gasteiger partial charge is 0.224 e. The molecule has 0 aromatic heterocycles. The Balaban J connectivity index is 1.68. The van der Waals surface area contributed by atoms with Gasteiger partial charge in [-0.15, -0.1) is 0 Å². The molecular weight excluding hydrogens is 705 g/mol. The lowest BCUT2D eigenvalue weighted by molar-refractivity contribution is -0.141. The van der Waals surface area contributed by atoms with Crippen LogP contribution in [0.3, 0.4) is 0 Å². The molecule has 4 fully saturated rings. The molecule has 0 aliphatic carbocycles. The van der Waals surface area contributed by atoms with Crippen LogP contribution in [-0.2, 0) is 19.2 Å². The molecule has 12 heteroatoms. The molecule has 4 rings (SSSR count). The second-order valence-corrected chi connectivity index (χ2v) is 23.8. The molecule has 2 unspecified atom stereocenters. The van der Waals surface area contributed by atoms with E-state index >= 15 is 0 Å². The van der Waals surface area contributed by atoms with Crippen molar-refractivity contribution in [2.75, 3.05) is 0 Å². The summed E-state index contributed by atoms with van der Waals surface area (Å²) >= 11 is 0. The van der Waals surface area contributed by atoms with Crippen molar-refractivity contribution in [2.24, 2.45) is 11.8 Å². The van der Waals surface area contributed by atoms with Crippen LogP contribution in [0.2, 0.25) is 0 Å². The molecule has 0 spiro atoms. The van der Waals surface area contributed by atoms with Gasteiger partial charge in [0.15, 0.2) is 0 Å². The maximum atomic E-state index is 14.8. The summed E-state index contributed by atoms with van der Waals surface area (Å²) in [7, 11) is 0. The summed E-state index contributed by atoms with van der Waals surface area (Å²) in [6.45, 7) is 34.1. The average molecular weight is 787 g/mol. The molecule has 0 aromatic carbocycles. The van der Waals surface area contributed by atoms with Gasteiger partial charge in [-0.3, -0.25) is 19.2 Å². The highest BCUT2D eigenvalue weighted by molar-refractivity contribution is 5.94. The van der Waals surface area contributed by atoms with Crippen LogP contribution in [-0.4, -0.2) is 92.1 Å². The quantitative estimate of drug-likeness (QED) is 0.150. The molecule has 322 valence electrons. The molecule has 4 aliphatic rings. The molecule has 2 atom stereocenters. The summed E-state index contributed by atoms with van der Waals surface area (Å²) in [6.07, 6.45) is 5.30. The summed E-state index contributed by atoms with van der Waals surface area (Å²) in [5.41, 5.74) is -1.71. The third kappa shape index (κ3) is 13.9. The zero-order chi connectivity index (χ0) is 42.5. The zero-order valence-electron chi connectivity index (χ0n) is 38.2. The first-order valence-electron chi connectivity index (χ1n) is 21.5. The van der Waals surface area contributed by atoms with Gasteiger partial charge in [0.25, 0.3) is 0 Å². The number of nitrogens with one attached hydrogen (secondary N) is 8. The summed E-state index contributed by atoms with van der Waals surface area (Å²) in [4.78, 5) is 58.0. The van der Waals surface area contributed by atoms with E-state index in [2.05, 4.69) is 153 Å². The van der Waals surface area contributed by atoms with Gasteiger partial charge in [0.05, 0.1) is 11.8 Å². The Morgan fingerprint density at radius 2 is 0.554 bits per heavy atom. The lowest BCUT2D eigenvalue weighted by atomic mass is 9.77. The minimum atomic E-state index is -1.06. The normalized spacial score (nSPS) is 27.9. The van der Waals surface area contributed by atoms with Crippen LogP contribution >= 0.6 is 0 Å². The Kier molecular flexibility index (Phi) is 13.3. The van der Waals surface area contributed by atoms with Gasteiger partial charge in [-0.2, -0.15) is 0 Å². The largest absolute Gasteiger partial charge is 0.353 e. The lowest BCUT2D eigenvalue weighted by Crippen LogP contribution is -2.64. The van der Waals surface area contributed by atoms with Gasteiger partial charge < -0.3 is 42.5 Å². The molecule has 0 radical (unpaired) electrons. The van der Waals surface area contributed by atoms with Gasteiger partial charge in [-0.25, -0.2) is 0 Å². The van der Waals surface area contributed by atoms with E-state index in [0.29, 0.717) is 25.7 Å². The minimum absolute atomic E-state index is 0.107. The first-order valence-corrected chi connectivity index (χ1v) is 21.5. The Labute approximate surface area is 339 Å². The second-order valence-electron chi connectivity index (χ2n) is 23.8. The fourth-order valence-corrected chi connectivity index (χ4v) is 12.1. The van der Waals surface area contributed by atoms with Crippen LogP contribution in [0.1, 0.15) is 175 Å². The SMILES string of the molecule is CC1(C)CC(NC(=O)CC(C(=O)NC2CC(C)(C)NC(C)(C)C2)C(CC(=O)NC2CC(C)(C)NC(C)(C)C2)C(=O)NC2CC(C)(C)NC(C)(C)C2)CC(C)(C)N1. The van der Waals surface area contributed by atoms with Crippen LogP contribution in [0, 0.1) is 11.8 Å². The highest BCUT2D eigenvalue weighted by atomic mass is 16.2. The Hall–Kier alpha value is -2.28. The standard InChI is InChI=1S/C44H82N8O4/c1-37(2)19-27(20-38(3,4)49-37)45-33(53)17-31(35(55)47-29-23-41(9,10)51-42(11,12)24-29)32(36(56)48-30-25-43(13,14)52-44(15,16)26-30)18-34(54)46-28-21-39(5,6)50-40(7,8)22-28/h27-32,49-52H,17-26H2,1-16H3,(H,45,53)(H,46,54)(H,47,55)(H,48,56). The number of rotatable bonds is 11. The number of carbonyl (C=O) groups excluding carboxylic acids is 4. The maximum Gasteiger partial charge on any atom is 0.224 e. The van der Waals surface area contributed by atoms with E-state index in [-0.39, 0.29) is 105 Å². The van der Waals surface area contributed by atoms with Crippen molar-refractivity contribution in [2.45, 2.75) is 243 Å². The Bertz CT molecular complexity index is 1290. The maximum absolute atomic E-state index is 14.8. The van der Waals surface area contributed by atoms with E-state index in [1.165, 1.54) is 0 Å². The van der Waals surface area contributed by atoms with Crippen LogP contribution in [0.15, 0.2) is 0 Å². The molecule has 12 nitrogen and oxygen atoms in total. The summed E-state index contributed by atoms with van der Waals surface area (Å²) in [5, 5.41) is 27.9. The predicted molar refractivity (Wildman–Crippen MR) is 226 cm³/mol. The van der Waals surface area contributed by atoms with Gasteiger partial charge in [-0.05, 0) is 162 Å². The molecule has 4 amide bonds. The van der Waals surface area contributed by atoms with Crippen molar-refractivity contribution in [3.05, 3.63) is 0 Å². The fourth-order valence-electron chi connectivity index (χ4n) is 12.1. The molecule has 4 aliphatic heterocycles. The molecule has 4 heterocycles. The van der Waals surface area contributed by atoms with E-state index in [4.69, 9.17) is 0 Å². The third-order valence-corrected chi connectivity index (χ3v) is 12.2. The molecule has 8 N–H and O–H groups in total. The van der Waals surface area contributed by atoms with Gasteiger partial charge in [0.1, 0.15) is 0 Å². The van der Waals surface area contributed by atoms with Gasteiger partial charge in [0.2, 0.25) is 23.6 Å². The van der Waals surface area contributed by atoms with Crippen LogP contribution < -0.4 is 42.5 Å². The Morgan fingerprint density at radius 1 is 0.375 bits per heavy atom. The van der Waals surface area contributed by atoms with Gasteiger partial charge in [0, 0.05) is 81.3 Å². The molecule has 0 saturated carbocycles. The van der Waals surface area contributed by atoms with Crippen molar-refractivity contribution < 1.29 is 19.2 Å². The van der Waals surface area contributed by atoms with Crippen molar-refractivity contribution in [1.82, 2.24) is 42.5 Å². The topological polar surface area (TPSA) is 165 Å². The third-order valence-electron chi connectivity index (χ3n) is 12.2. The van der Waals surface area contributed by atoms with Crippen LogP contribution in [0.25, 0.3) is 0 Å². The van der Waals surface area contributed by atoms with Crippen molar-refractivity contribution in [1.29, 1.82) is 0 Å². The van der Waals surface area contributed by atoms with Crippen molar-refractivity contribution in [3.8, 4) is 0 Å². The van der Waals surface area contributed by atoms with E-state index < -0.39 is 11.8 Å². The molecule has 4 saturated heterocycles. The lowest BCUT2D eigenvalue weighted by Gasteiger charge is -2.47. The number of hydrogen-bond donors (Lipinski definition) is 8.